The Labute approximate surface area is 73.2 Å². The van der Waals surface area contributed by atoms with Gasteiger partial charge in [0.05, 0.1) is 0 Å². The summed E-state index contributed by atoms with van der Waals surface area (Å²) in [5.74, 6) is 2.37. The van der Waals surface area contributed by atoms with E-state index < -0.39 is 0 Å². The van der Waals surface area contributed by atoms with E-state index in [0.717, 1.165) is 8.58 Å². The first kappa shape index (κ1) is 11.2. The SMILES string of the molecule is CCCC/C=C/PCCCC. The van der Waals surface area contributed by atoms with Crippen molar-refractivity contribution in [1.82, 2.24) is 0 Å². The molecule has 0 saturated carbocycles. The van der Waals surface area contributed by atoms with Crippen molar-refractivity contribution in [3.05, 3.63) is 11.9 Å². The fourth-order valence-electron chi connectivity index (χ4n) is 0.851. The Balaban J connectivity index is 2.91. The molecule has 1 heteroatoms. The summed E-state index contributed by atoms with van der Waals surface area (Å²) in [5, 5.41) is 0. The van der Waals surface area contributed by atoms with E-state index in [2.05, 4.69) is 25.7 Å². The molecule has 66 valence electrons. The molecule has 1 atom stereocenters. The summed E-state index contributed by atoms with van der Waals surface area (Å²) in [6, 6.07) is 0. The first-order valence-corrected chi connectivity index (χ1v) is 6.08. The van der Waals surface area contributed by atoms with Crippen molar-refractivity contribution in [2.75, 3.05) is 6.16 Å². The van der Waals surface area contributed by atoms with E-state index in [9.17, 15) is 0 Å². The van der Waals surface area contributed by atoms with Crippen molar-refractivity contribution in [1.29, 1.82) is 0 Å². The van der Waals surface area contributed by atoms with Gasteiger partial charge in [-0.1, -0.05) is 53.6 Å². The highest BCUT2D eigenvalue weighted by Gasteiger charge is 1.81. The van der Waals surface area contributed by atoms with Gasteiger partial charge >= 0.3 is 0 Å². The molecule has 0 nitrogen and oxygen atoms in total. The second-order valence-corrected chi connectivity index (χ2v) is 4.09. The van der Waals surface area contributed by atoms with Gasteiger partial charge in [0.25, 0.3) is 0 Å². The molecule has 0 N–H and O–H groups in total. The topological polar surface area (TPSA) is 0 Å². The summed E-state index contributed by atoms with van der Waals surface area (Å²) >= 11 is 0. The third-order valence-electron chi connectivity index (χ3n) is 1.63. The van der Waals surface area contributed by atoms with Crippen molar-refractivity contribution >= 4 is 8.58 Å². The second kappa shape index (κ2) is 10.2. The smallest absolute Gasteiger partial charge is 0.0319 e. The van der Waals surface area contributed by atoms with Crippen LogP contribution in [0.15, 0.2) is 11.9 Å². The molecule has 0 fully saturated rings. The number of rotatable bonds is 7. The third kappa shape index (κ3) is 10.2. The van der Waals surface area contributed by atoms with E-state index >= 15 is 0 Å². The van der Waals surface area contributed by atoms with Crippen LogP contribution in [0, 0.1) is 0 Å². The van der Waals surface area contributed by atoms with Gasteiger partial charge in [-0.05, 0) is 19.0 Å². The predicted octanol–water partition coefficient (Wildman–Crippen LogP) is 4.17. The molecule has 0 bridgehead atoms. The zero-order valence-corrected chi connectivity index (χ0v) is 8.90. The number of unbranched alkanes of at least 4 members (excludes halogenated alkanes) is 3. The minimum atomic E-state index is 1.07. The highest BCUT2D eigenvalue weighted by molar-refractivity contribution is 7.41. The van der Waals surface area contributed by atoms with Crippen LogP contribution >= 0.6 is 8.58 Å². The molecule has 0 aromatic carbocycles. The van der Waals surface area contributed by atoms with Crippen LogP contribution in [0.3, 0.4) is 0 Å². The lowest BCUT2D eigenvalue weighted by molar-refractivity contribution is 0.815. The fourth-order valence-corrected chi connectivity index (χ4v) is 1.91. The number of allylic oxidation sites excluding steroid dienone is 1. The summed E-state index contributed by atoms with van der Waals surface area (Å²) < 4.78 is 0. The monoisotopic (exact) mass is 172 g/mol. The van der Waals surface area contributed by atoms with Gasteiger partial charge in [0, 0.05) is 0 Å². The number of hydrogen-bond donors (Lipinski definition) is 0. The Bertz CT molecular complexity index is 86.9. The summed E-state index contributed by atoms with van der Waals surface area (Å²) in [5.41, 5.74) is 0. The summed E-state index contributed by atoms with van der Waals surface area (Å²) in [7, 11) is 1.07. The largest absolute Gasteiger partial charge is 0.0987 e. The molecule has 0 aromatic heterocycles. The summed E-state index contributed by atoms with van der Waals surface area (Å²) in [4.78, 5) is 0. The van der Waals surface area contributed by atoms with Crippen LogP contribution in [0.25, 0.3) is 0 Å². The highest BCUT2D eigenvalue weighted by atomic mass is 31.1. The van der Waals surface area contributed by atoms with Crippen LogP contribution in [0.1, 0.15) is 46.0 Å². The molecule has 0 aliphatic rings. The molecule has 0 amide bonds. The van der Waals surface area contributed by atoms with Crippen LogP contribution in [0.2, 0.25) is 0 Å². The van der Waals surface area contributed by atoms with Gasteiger partial charge in [0.1, 0.15) is 0 Å². The molecule has 0 rings (SSSR count). The first-order chi connectivity index (χ1) is 5.41. The molecule has 0 aliphatic heterocycles. The average molecular weight is 172 g/mol. The van der Waals surface area contributed by atoms with Gasteiger partial charge in [-0.3, -0.25) is 0 Å². The van der Waals surface area contributed by atoms with E-state index in [1.165, 1.54) is 38.3 Å². The van der Waals surface area contributed by atoms with Crippen LogP contribution < -0.4 is 0 Å². The van der Waals surface area contributed by atoms with Crippen molar-refractivity contribution in [2.24, 2.45) is 0 Å². The summed E-state index contributed by atoms with van der Waals surface area (Å²) in [6.45, 7) is 4.50. The van der Waals surface area contributed by atoms with E-state index in [1.807, 2.05) is 0 Å². The predicted molar refractivity (Wildman–Crippen MR) is 56.8 cm³/mol. The minimum absolute atomic E-state index is 1.07. The lowest BCUT2D eigenvalue weighted by atomic mass is 10.2. The van der Waals surface area contributed by atoms with Crippen LogP contribution in [0.4, 0.5) is 0 Å². The highest BCUT2D eigenvalue weighted by Crippen LogP contribution is 2.14. The molecule has 1 unspecified atom stereocenters. The molecular weight excluding hydrogens is 151 g/mol. The molecule has 0 aromatic rings. The summed E-state index contributed by atoms with van der Waals surface area (Å²) in [6.07, 6.45) is 10.5. The Hall–Kier alpha value is 0.170. The maximum Gasteiger partial charge on any atom is -0.0319 e. The van der Waals surface area contributed by atoms with E-state index in [1.54, 1.807) is 0 Å². The van der Waals surface area contributed by atoms with Crippen LogP contribution in [-0.4, -0.2) is 6.16 Å². The zero-order valence-electron chi connectivity index (χ0n) is 7.90. The molecule has 0 radical (unpaired) electrons. The minimum Gasteiger partial charge on any atom is -0.0987 e. The van der Waals surface area contributed by atoms with Gasteiger partial charge in [-0.15, -0.1) is 0 Å². The second-order valence-electron chi connectivity index (χ2n) is 2.85. The van der Waals surface area contributed by atoms with Gasteiger partial charge in [-0.2, -0.15) is 0 Å². The van der Waals surface area contributed by atoms with Crippen LogP contribution in [0.5, 0.6) is 0 Å². The van der Waals surface area contributed by atoms with Crippen LogP contribution in [-0.2, 0) is 0 Å². The maximum absolute atomic E-state index is 2.37. The van der Waals surface area contributed by atoms with Gasteiger partial charge in [0.2, 0.25) is 0 Å². The normalized spacial score (nSPS) is 12.2. The Morgan fingerprint density at radius 1 is 1.09 bits per heavy atom. The Kier molecular flexibility index (Phi) is 10.3. The van der Waals surface area contributed by atoms with Crippen molar-refractivity contribution < 1.29 is 0 Å². The average Bonchev–Trinajstić information content (AvgIpc) is 2.03. The lowest BCUT2D eigenvalue weighted by Crippen LogP contribution is -1.70. The molecule has 0 heterocycles. The molecular formula is C10H21P. The third-order valence-corrected chi connectivity index (χ3v) is 2.75. The van der Waals surface area contributed by atoms with Gasteiger partial charge in [0.15, 0.2) is 0 Å². The maximum atomic E-state index is 2.37. The molecule has 11 heavy (non-hydrogen) atoms. The standard InChI is InChI=1S/C10H21P/c1-3-5-7-8-10-11-9-6-4-2/h8,10-11H,3-7,9H2,1-2H3/b10-8+. The van der Waals surface area contributed by atoms with Crippen molar-refractivity contribution in [3.63, 3.8) is 0 Å². The van der Waals surface area contributed by atoms with E-state index in [-0.39, 0.29) is 0 Å². The first-order valence-electron chi connectivity index (χ1n) is 4.80. The fraction of sp³-hybridized carbons (Fsp3) is 0.800. The Morgan fingerprint density at radius 2 is 1.82 bits per heavy atom. The van der Waals surface area contributed by atoms with Gasteiger partial charge < -0.3 is 0 Å². The van der Waals surface area contributed by atoms with E-state index in [0.29, 0.717) is 0 Å². The lowest BCUT2D eigenvalue weighted by Gasteiger charge is -1.92. The molecule has 0 aliphatic carbocycles. The molecule has 0 saturated heterocycles. The van der Waals surface area contributed by atoms with E-state index in [4.69, 9.17) is 0 Å². The zero-order chi connectivity index (χ0) is 8.36. The molecule has 0 spiro atoms. The van der Waals surface area contributed by atoms with Crippen molar-refractivity contribution in [3.8, 4) is 0 Å². The van der Waals surface area contributed by atoms with Gasteiger partial charge in [-0.25, -0.2) is 0 Å². The Morgan fingerprint density at radius 3 is 2.45 bits per heavy atom. The van der Waals surface area contributed by atoms with Crippen molar-refractivity contribution in [2.45, 2.75) is 46.0 Å². The number of hydrogen-bond acceptors (Lipinski definition) is 0. The quantitative estimate of drug-likeness (QED) is 0.399.